The number of hydrogen-bond acceptors (Lipinski definition) is 7. The van der Waals surface area contributed by atoms with Crippen molar-refractivity contribution in [1.29, 1.82) is 0 Å². The van der Waals surface area contributed by atoms with E-state index in [1.807, 2.05) is 4.90 Å². The fourth-order valence-electron chi connectivity index (χ4n) is 1.27. The summed E-state index contributed by atoms with van der Waals surface area (Å²) < 4.78 is 0. The fraction of sp³-hybridized carbons (Fsp3) is 1.00. The summed E-state index contributed by atoms with van der Waals surface area (Å²) in [6, 6.07) is 0. The normalized spacial score (nSPS) is 11.6. The third-order valence-corrected chi connectivity index (χ3v) is 2.06. The van der Waals surface area contributed by atoms with Crippen LogP contribution in [0.25, 0.3) is 0 Å². The van der Waals surface area contributed by atoms with Gasteiger partial charge in [0, 0.05) is 26.3 Å². The fourth-order valence-corrected chi connectivity index (χ4v) is 1.27. The van der Waals surface area contributed by atoms with Gasteiger partial charge >= 0.3 is 0 Å². The zero-order chi connectivity index (χ0) is 12.2. The van der Waals surface area contributed by atoms with E-state index in [-0.39, 0.29) is 26.6 Å². The van der Waals surface area contributed by atoms with Crippen molar-refractivity contribution in [2.24, 2.45) is 0 Å². The van der Waals surface area contributed by atoms with Crippen LogP contribution in [0.2, 0.25) is 0 Å². The van der Waals surface area contributed by atoms with Gasteiger partial charge in [0.05, 0.1) is 33.2 Å². The van der Waals surface area contributed by atoms with E-state index in [9.17, 15) is 0 Å². The number of nitrogens with zero attached hydrogens (tertiary/aromatic N) is 2. The Morgan fingerprint density at radius 2 is 1.44 bits per heavy atom. The van der Waals surface area contributed by atoms with Crippen molar-refractivity contribution in [3.63, 3.8) is 0 Å². The molecule has 0 atom stereocenters. The number of aliphatic hydroxyl groups excluding tert-OH is 4. The van der Waals surface area contributed by atoms with E-state index in [1.165, 1.54) is 0 Å². The first-order chi connectivity index (χ1) is 7.78. The van der Waals surface area contributed by atoms with Gasteiger partial charge < -0.3 is 25.7 Å². The Hall–Kier alpha value is -0.280. The molecule has 0 spiro atoms. The molecular weight excluding hydrogens is 214 g/mol. The molecule has 0 radical (unpaired) electrons. The van der Waals surface area contributed by atoms with Crippen LogP contribution in [-0.4, -0.2) is 89.7 Å². The van der Waals surface area contributed by atoms with E-state index in [4.69, 9.17) is 20.4 Å². The second-order valence-electron chi connectivity index (χ2n) is 3.40. The minimum Gasteiger partial charge on any atom is -0.395 e. The molecule has 0 heterocycles. The number of nitrogens with one attached hydrogen (secondary N) is 1. The van der Waals surface area contributed by atoms with Gasteiger partial charge in [-0.15, -0.1) is 0 Å². The SMILES string of the molecule is OCCNCN(CCO)CN(CO)CCO. The zero-order valence-electron chi connectivity index (χ0n) is 9.55. The molecule has 0 aromatic rings. The van der Waals surface area contributed by atoms with E-state index in [1.54, 1.807) is 4.90 Å². The van der Waals surface area contributed by atoms with Crippen LogP contribution in [0.4, 0.5) is 0 Å². The maximum atomic E-state index is 9.01. The van der Waals surface area contributed by atoms with Gasteiger partial charge in [-0.1, -0.05) is 0 Å². The Bertz CT molecular complexity index is 151. The Balaban J connectivity index is 3.87. The maximum absolute atomic E-state index is 9.01. The summed E-state index contributed by atoms with van der Waals surface area (Å²) in [5.74, 6) is 0. The molecule has 0 saturated carbocycles. The highest BCUT2D eigenvalue weighted by Crippen LogP contribution is 1.92. The van der Waals surface area contributed by atoms with Crippen LogP contribution in [0.3, 0.4) is 0 Å². The first-order valence-electron chi connectivity index (χ1n) is 5.37. The lowest BCUT2D eigenvalue weighted by Gasteiger charge is -2.28. The predicted octanol–water partition coefficient (Wildman–Crippen LogP) is -2.98. The molecule has 0 aromatic heterocycles. The molecule has 7 heteroatoms. The molecule has 5 N–H and O–H groups in total. The topological polar surface area (TPSA) is 99.4 Å². The molecule has 16 heavy (non-hydrogen) atoms. The molecule has 0 aromatic carbocycles. The van der Waals surface area contributed by atoms with E-state index in [0.717, 1.165) is 0 Å². The van der Waals surface area contributed by atoms with Crippen molar-refractivity contribution in [1.82, 2.24) is 15.1 Å². The van der Waals surface area contributed by atoms with Crippen LogP contribution in [0, 0.1) is 0 Å². The van der Waals surface area contributed by atoms with Crippen molar-refractivity contribution < 1.29 is 20.4 Å². The monoisotopic (exact) mass is 237 g/mol. The van der Waals surface area contributed by atoms with Gasteiger partial charge in [-0.3, -0.25) is 9.80 Å². The first-order valence-corrected chi connectivity index (χ1v) is 5.37. The molecule has 0 bridgehead atoms. The predicted molar refractivity (Wildman–Crippen MR) is 59.5 cm³/mol. The summed E-state index contributed by atoms with van der Waals surface area (Å²) >= 11 is 0. The van der Waals surface area contributed by atoms with E-state index < -0.39 is 0 Å². The van der Waals surface area contributed by atoms with Crippen molar-refractivity contribution in [2.75, 3.05) is 59.5 Å². The quantitative estimate of drug-likeness (QED) is 0.193. The molecule has 0 rings (SSSR count). The van der Waals surface area contributed by atoms with Crippen LogP contribution in [-0.2, 0) is 0 Å². The Kier molecular flexibility index (Phi) is 11.0. The largest absolute Gasteiger partial charge is 0.395 e. The highest BCUT2D eigenvalue weighted by Gasteiger charge is 2.09. The second-order valence-corrected chi connectivity index (χ2v) is 3.40. The molecule has 0 saturated heterocycles. The lowest BCUT2D eigenvalue weighted by molar-refractivity contribution is 0.0278. The summed E-state index contributed by atoms with van der Waals surface area (Å²) in [7, 11) is 0. The third kappa shape index (κ3) is 7.94. The van der Waals surface area contributed by atoms with Crippen LogP contribution < -0.4 is 5.32 Å². The number of rotatable bonds is 11. The molecule has 0 aliphatic rings. The Labute approximate surface area is 95.9 Å². The Morgan fingerprint density at radius 3 is 1.94 bits per heavy atom. The smallest absolute Gasteiger partial charge is 0.0967 e. The Morgan fingerprint density at radius 1 is 0.812 bits per heavy atom. The van der Waals surface area contributed by atoms with Crippen molar-refractivity contribution >= 4 is 0 Å². The summed E-state index contributed by atoms with van der Waals surface area (Å²) in [6.07, 6.45) is 0. The van der Waals surface area contributed by atoms with Gasteiger partial charge in [-0.25, -0.2) is 0 Å². The minimum atomic E-state index is -0.136. The highest BCUT2D eigenvalue weighted by molar-refractivity contribution is 4.57. The maximum Gasteiger partial charge on any atom is 0.0967 e. The highest BCUT2D eigenvalue weighted by atomic mass is 16.3. The lowest BCUT2D eigenvalue weighted by Crippen LogP contribution is -2.45. The lowest BCUT2D eigenvalue weighted by atomic mass is 10.5. The summed E-state index contributed by atoms with van der Waals surface area (Å²) in [6.45, 7) is 2.26. The number of hydrogen-bond donors (Lipinski definition) is 5. The van der Waals surface area contributed by atoms with Gasteiger partial charge in [-0.2, -0.15) is 0 Å². The average molecular weight is 237 g/mol. The summed E-state index contributed by atoms with van der Waals surface area (Å²) in [5, 5.41) is 38.2. The van der Waals surface area contributed by atoms with Gasteiger partial charge in [0.2, 0.25) is 0 Å². The average Bonchev–Trinajstić information content (AvgIpc) is 2.29. The standard InChI is InChI=1S/C9H23N3O4/c13-4-1-10-7-11(2-5-14)8-12(9-16)3-6-15/h10,13-16H,1-9H2. The van der Waals surface area contributed by atoms with Crippen LogP contribution >= 0.6 is 0 Å². The molecule has 0 aliphatic heterocycles. The van der Waals surface area contributed by atoms with Crippen LogP contribution in [0.5, 0.6) is 0 Å². The van der Waals surface area contributed by atoms with E-state index in [2.05, 4.69) is 5.32 Å². The van der Waals surface area contributed by atoms with E-state index >= 15 is 0 Å². The molecule has 0 unspecified atom stereocenters. The van der Waals surface area contributed by atoms with Crippen molar-refractivity contribution in [3.8, 4) is 0 Å². The first kappa shape index (κ1) is 15.7. The number of aliphatic hydroxyl groups is 4. The molecular formula is C9H23N3O4. The molecule has 98 valence electrons. The van der Waals surface area contributed by atoms with Gasteiger partial charge in [0.1, 0.15) is 0 Å². The van der Waals surface area contributed by atoms with Crippen molar-refractivity contribution in [3.05, 3.63) is 0 Å². The van der Waals surface area contributed by atoms with Gasteiger partial charge in [0.15, 0.2) is 0 Å². The molecule has 0 aliphatic carbocycles. The van der Waals surface area contributed by atoms with Gasteiger partial charge in [0.25, 0.3) is 0 Å². The molecule has 0 amide bonds. The summed E-state index contributed by atoms with van der Waals surface area (Å²) in [5.41, 5.74) is 0. The van der Waals surface area contributed by atoms with E-state index in [0.29, 0.717) is 33.0 Å². The second kappa shape index (κ2) is 11.2. The van der Waals surface area contributed by atoms with Crippen LogP contribution in [0.1, 0.15) is 0 Å². The van der Waals surface area contributed by atoms with Gasteiger partial charge in [-0.05, 0) is 0 Å². The molecule has 0 fully saturated rings. The zero-order valence-corrected chi connectivity index (χ0v) is 9.55. The van der Waals surface area contributed by atoms with Crippen LogP contribution in [0.15, 0.2) is 0 Å². The minimum absolute atomic E-state index is 0.0163. The summed E-state index contributed by atoms with van der Waals surface area (Å²) in [4.78, 5) is 3.53. The molecule has 7 nitrogen and oxygen atoms in total. The van der Waals surface area contributed by atoms with Crippen molar-refractivity contribution in [2.45, 2.75) is 0 Å². The third-order valence-electron chi connectivity index (χ3n) is 2.06.